The number of hydrogen-bond donors (Lipinski definition) is 3. The van der Waals surface area contributed by atoms with E-state index in [0.717, 1.165) is 11.4 Å². The van der Waals surface area contributed by atoms with Gasteiger partial charge in [0.15, 0.2) is 17.3 Å². The predicted octanol–water partition coefficient (Wildman–Crippen LogP) is 0.516. The Morgan fingerprint density at radius 3 is 2.70 bits per heavy atom. The highest BCUT2D eigenvalue weighted by Gasteiger charge is 2.17. The van der Waals surface area contributed by atoms with Crippen LogP contribution in [0.4, 0.5) is 0 Å². The van der Waals surface area contributed by atoms with E-state index in [1.165, 1.54) is 14.2 Å². The summed E-state index contributed by atoms with van der Waals surface area (Å²) in [6.45, 7) is 4.20. The number of nitrogens with zero attached hydrogens (tertiary/aromatic N) is 1. The van der Waals surface area contributed by atoms with Crippen LogP contribution in [0.25, 0.3) is 10.9 Å². The van der Waals surface area contributed by atoms with Crippen molar-refractivity contribution in [1.29, 1.82) is 0 Å². The van der Waals surface area contributed by atoms with Crippen molar-refractivity contribution in [3.8, 4) is 11.5 Å². The van der Waals surface area contributed by atoms with E-state index in [0.29, 0.717) is 53.7 Å². The minimum Gasteiger partial charge on any atom is -0.493 e. The first kappa shape index (κ1) is 21.8. The van der Waals surface area contributed by atoms with Crippen molar-refractivity contribution < 1.29 is 28.6 Å². The molecule has 30 heavy (non-hydrogen) atoms. The zero-order valence-electron chi connectivity index (χ0n) is 17.4. The molecule has 9 heteroatoms. The Morgan fingerprint density at radius 2 is 2.03 bits per heavy atom. The van der Waals surface area contributed by atoms with Gasteiger partial charge >= 0.3 is 0 Å². The number of ether oxygens (including phenoxy) is 3. The smallest absolute Gasteiger partial charge is 0.259 e. The Balaban J connectivity index is 1.66. The molecule has 0 aliphatic heterocycles. The van der Waals surface area contributed by atoms with Crippen molar-refractivity contribution in [2.75, 3.05) is 33.9 Å². The Bertz CT molecular complexity index is 1000. The van der Waals surface area contributed by atoms with Crippen molar-refractivity contribution in [3.05, 3.63) is 52.5 Å². The first-order chi connectivity index (χ1) is 14.5. The normalized spacial score (nSPS) is 13.3. The molecule has 1 unspecified atom stereocenters. The van der Waals surface area contributed by atoms with Gasteiger partial charge < -0.3 is 33.6 Å². The molecule has 0 fully saturated rings. The molecule has 2 heterocycles. The third kappa shape index (κ3) is 5.38. The van der Waals surface area contributed by atoms with Gasteiger partial charge in [-0.15, -0.1) is 0 Å². The van der Waals surface area contributed by atoms with E-state index in [9.17, 15) is 9.90 Å². The zero-order valence-corrected chi connectivity index (χ0v) is 17.4. The Morgan fingerprint density at radius 1 is 1.27 bits per heavy atom. The summed E-state index contributed by atoms with van der Waals surface area (Å²) in [5, 5.41) is 10.7. The van der Waals surface area contributed by atoms with Crippen LogP contribution in [0.15, 0.2) is 39.7 Å². The van der Waals surface area contributed by atoms with E-state index in [1.54, 1.807) is 24.5 Å². The molecule has 0 aliphatic rings. The van der Waals surface area contributed by atoms with Crippen molar-refractivity contribution >= 4 is 10.9 Å². The molecule has 3 rings (SSSR count). The number of hydrogen-bond acceptors (Lipinski definition) is 7. The van der Waals surface area contributed by atoms with Crippen molar-refractivity contribution in [2.45, 2.75) is 26.2 Å². The van der Waals surface area contributed by atoms with Crippen molar-refractivity contribution in [3.63, 3.8) is 0 Å². The van der Waals surface area contributed by atoms with E-state index in [1.807, 2.05) is 13.0 Å². The summed E-state index contributed by atoms with van der Waals surface area (Å²) in [6, 6.07) is 6.92. The molecule has 0 amide bonds. The number of aromatic amines is 1. The second-order valence-corrected chi connectivity index (χ2v) is 6.97. The maximum atomic E-state index is 12.5. The number of fused-ring (bicyclic) bond motifs is 1. The summed E-state index contributed by atoms with van der Waals surface area (Å²) in [4.78, 5) is 21.0. The number of benzene rings is 1. The van der Waals surface area contributed by atoms with E-state index in [4.69, 9.17) is 18.6 Å². The van der Waals surface area contributed by atoms with Gasteiger partial charge in [0.05, 0.1) is 44.5 Å². The van der Waals surface area contributed by atoms with Crippen molar-refractivity contribution in [1.82, 2.24) is 9.97 Å². The van der Waals surface area contributed by atoms with Crippen LogP contribution < -0.4 is 19.9 Å². The number of likely N-dealkylation sites (N-methyl/N-ethyl adjacent to an activating group) is 1. The van der Waals surface area contributed by atoms with Crippen LogP contribution in [0.2, 0.25) is 0 Å². The maximum absolute atomic E-state index is 12.5. The van der Waals surface area contributed by atoms with Crippen molar-refractivity contribution in [2.24, 2.45) is 0 Å². The van der Waals surface area contributed by atoms with Gasteiger partial charge in [-0.2, -0.15) is 0 Å². The number of rotatable bonds is 11. The summed E-state index contributed by atoms with van der Waals surface area (Å²) in [7, 11) is 3.06. The van der Waals surface area contributed by atoms with Gasteiger partial charge in [-0.25, -0.2) is 4.98 Å². The average molecular weight is 418 g/mol. The second kappa shape index (κ2) is 10.2. The SMILES string of the molecule is CC[NH+](Cc1nc2cc(OC)c(OC)cc2c(=O)[nH]1)C[C@@H](O)COCc1ccco1. The maximum Gasteiger partial charge on any atom is 0.259 e. The Labute approximate surface area is 174 Å². The van der Waals surface area contributed by atoms with Crippen LogP contribution in [-0.4, -0.2) is 55.1 Å². The largest absolute Gasteiger partial charge is 0.493 e. The molecule has 0 radical (unpaired) electrons. The number of nitrogens with one attached hydrogen (secondary N) is 2. The second-order valence-electron chi connectivity index (χ2n) is 6.97. The standard InChI is InChI=1S/C21H27N3O6/c1-4-24(10-14(25)12-29-13-15-6-5-7-30-15)11-20-22-17-9-19(28-3)18(27-2)8-16(17)21(26)23-20/h5-9,14,25H,4,10-13H2,1-3H3,(H,22,23,26)/p+1/t14-/m1/s1. The predicted molar refractivity (Wildman–Crippen MR) is 110 cm³/mol. The molecule has 2 aromatic heterocycles. The lowest BCUT2D eigenvalue weighted by Gasteiger charge is -2.20. The molecule has 2 atom stereocenters. The zero-order chi connectivity index (χ0) is 21.5. The summed E-state index contributed by atoms with van der Waals surface area (Å²) < 4.78 is 21.3. The van der Waals surface area contributed by atoms with Gasteiger partial charge in [-0.05, 0) is 25.1 Å². The summed E-state index contributed by atoms with van der Waals surface area (Å²) in [6.07, 6.45) is 0.938. The quantitative estimate of drug-likeness (QED) is 0.416. The van der Waals surface area contributed by atoms with E-state index in [-0.39, 0.29) is 12.2 Å². The van der Waals surface area contributed by atoms with Gasteiger partial charge in [0, 0.05) is 6.07 Å². The van der Waals surface area contributed by atoms with Gasteiger partial charge in [0.25, 0.3) is 5.56 Å². The number of aliphatic hydroxyl groups is 1. The molecule has 0 spiro atoms. The summed E-state index contributed by atoms with van der Waals surface area (Å²) in [5.41, 5.74) is 0.290. The van der Waals surface area contributed by atoms with Crippen LogP contribution in [0.3, 0.4) is 0 Å². The van der Waals surface area contributed by atoms with E-state index in [2.05, 4.69) is 9.97 Å². The summed E-state index contributed by atoms with van der Waals surface area (Å²) >= 11 is 0. The van der Waals surface area contributed by atoms with Gasteiger partial charge in [0.1, 0.15) is 31.6 Å². The number of quaternary nitrogens is 1. The molecule has 3 aromatic rings. The van der Waals surface area contributed by atoms with E-state index < -0.39 is 6.10 Å². The Hall–Kier alpha value is -2.88. The minimum absolute atomic E-state index is 0.197. The highest BCUT2D eigenvalue weighted by Crippen LogP contribution is 2.29. The fraction of sp³-hybridized carbons (Fsp3) is 0.429. The van der Waals surface area contributed by atoms with Crippen LogP contribution in [-0.2, 0) is 17.9 Å². The first-order valence-electron chi connectivity index (χ1n) is 9.80. The molecule has 0 aliphatic carbocycles. The summed E-state index contributed by atoms with van der Waals surface area (Å²) in [5.74, 6) is 2.24. The number of H-pyrrole nitrogens is 1. The highest BCUT2D eigenvalue weighted by molar-refractivity contribution is 5.81. The average Bonchev–Trinajstić information content (AvgIpc) is 3.25. The lowest BCUT2D eigenvalue weighted by atomic mass is 10.2. The van der Waals surface area contributed by atoms with E-state index >= 15 is 0 Å². The molecular formula is C21H28N3O6+. The molecule has 0 saturated carbocycles. The Kier molecular flexibility index (Phi) is 7.45. The molecule has 3 N–H and O–H groups in total. The lowest BCUT2D eigenvalue weighted by molar-refractivity contribution is -0.915. The number of methoxy groups -OCH3 is 2. The first-order valence-corrected chi connectivity index (χ1v) is 9.80. The van der Waals surface area contributed by atoms with Gasteiger partial charge in [-0.1, -0.05) is 0 Å². The fourth-order valence-electron chi connectivity index (χ4n) is 3.26. The molecule has 162 valence electrons. The third-order valence-electron chi connectivity index (χ3n) is 4.84. The molecule has 1 aromatic carbocycles. The molecule has 0 saturated heterocycles. The minimum atomic E-state index is -0.647. The highest BCUT2D eigenvalue weighted by atomic mass is 16.5. The number of furan rings is 1. The topological polar surface area (TPSA) is 111 Å². The monoisotopic (exact) mass is 418 g/mol. The molecular weight excluding hydrogens is 390 g/mol. The molecule has 9 nitrogen and oxygen atoms in total. The number of aliphatic hydroxyl groups excluding tert-OH is 1. The lowest BCUT2D eigenvalue weighted by Crippen LogP contribution is -3.11. The van der Waals surface area contributed by atoms with Gasteiger partial charge in [-0.3, -0.25) is 4.79 Å². The third-order valence-corrected chi connectivity index (χ3v) is 4.84. The number of aromatic nitrogens is 2. The van der Waals surface area contributed by atoms with Crippen LogP contribution in [0.1, 0.15) is 18.5 Å². The molecule has 0 bridgehead atoms. The van der Waals surface area contributed by atoms with Crippen LogP contribution in [0, 0.1) is 0 Å². The van der Waals surface area contributed by atoms with Crippen LogP contribution >= 0.6 is 0 Å². The fourth-order valence-corrected chi connectivity index (χ4v) is 3.26. The van der Waals surface area contributed by atoms with Gasteiger partial charge in [0.2, 0.25) is 0 Å². The van der Waals surface area contributed by atoms with Crippen LogP contribution in [0.5, 0.6) is 11.5 Å².